The zero-order chi connectivity index (χ0) is 22.7. The van der Waals surface area contributed by atoms with Crippen molar-refractivity contribution in [1.29, 1.82) is 0 Å². The van der Waals surface area contributed by atoms with Crippen molar-refractivity contribution >= 4 is 17.6 Å². The minimum Gasteiger partial charge on any atom is -0.465 e. The third kappa shape index (κ3) is 4.80. The van der Waals surface area contributed by atoms with E-state index in [1.165, 1.54) is 4.90 Å². The standard InChI is InChI=1S/C24H25F2N3O3/c25-18-6-7-21(26)20(13-18)17-12-22(16-4-2-1-3-5-16)29(15-17)23(30)14-27-19-8-10-28(11-9-19)24(31)32/h1-7,12-13,19,22,27H,8-11,14-15H2,(H,31,32)/t22-/m0/s1. The molecule has 0 saturated carbocycles. The van der Waals surface area contributed by atoms with Crippen molar-refractivity contribution < 1.29 is 23.5 Å². The number of hydrogen-bond acceptors (Lipinski definition) is 3. The second-order valence-electron chi connectivity index (χ2n) is 8.12. The van der Waals surface area contributed by atoms with Crippen LogP contribution in [-0.2, 0) is 4.79 Å². The van der Waals surface area contributed by atoms with E-state index in [1.54, 1.807) is 4.90 Å². The van der Waals surface area contributed by atoms with Gasteiger partial charge in [0, 0.05) is 31.2 Å². The van der Waals surface area contributed by atoms with Crippen LogP contribution in [0.1, 0.15) is 30.0 Å². The second kappa shape index (κ2) is 9.48. The van der Waals surface area contributed by atoms with Crippen molar-refractivity contribution in [3.8, 4) is 0 Å². The molecule has 2 N–H and O–H groups in total. The maximum absolute atomic E-state index is 14.4. The minimum atomic E-state index is -0.925. The molecule has 4 rings (SSSR count). The number of carboxylic acid groups (broad SMARTS) is 1. The molecule has 6 nitrogen and oxygen atoms in total. The first-order valence-electron chi connectivity index (χ1n) is 10.6. The molecule has 1 atom stereocenters. The van der Waals surface area contributed by atoms with E-state index in [4.69, 9.17) is 5.11 Å². The maximum atomic E-state index is 14.4. The van der Waals surface area contributed by atoms with Gasteiger partial charge in [0.2, 0.25) is 5.91 Å². The number of carbonyl (C=O) groups is 2. The van der Waals surface area contributed by atoms with Crippen molar-refractivity contribution in [2.24, 2.45) is 0 Å². The van der Waals surface area contributed by atoms with Crippen LogP contribution in [0.15, 0.2) is 54.6 Å². The van der Waals surface area contributed by atoms with Gasteiger partial charge in [0.15, 0.2) is 0 Å². The lowest BCUT2D eigenvalue weighted by molar-refractivity contribution is -0.130. The van der Waals surface area contributed by atoms with Crippen molar-refractivity contribution in [1.82, 2.24) is 15.1 Å². The highest BCUT2D eigenvalue weighted by Gasteiger charge is 2.32. The number of carbonyl (C=O) groups excluding carboxylic acids is 1. The number of amides is 2. The molecule has 32 heavy (non-hydrogen) atoms. The van der Waals surface area contributed by atoms with Crippen LogP contribution in [0.3, 0.4) is 0 Å². The molecule has 0 aliphatic carbocycles. The number of piperidine rings is 1. The normalized spacial score (nSPS) is 19.2. The van der Waals surface area contributed by atoms with Crippen LogP contribution < -0.4 is 5.32 Å². The first-order valence-corrected chi connectivity index (χ1v) is 10.6. The lowest BCUT2D eigenvalue weighted by Crippen LogP contribution is -2.47. The summed E-state index contributed by atoms with van der Waals surface area (Å²) in [5, 5.41) is 12.3. The summed E-state index contributed by atoms with van der Waals surface area (Å²) in [6.07, 6.45) is 2.17. The molecule has 2 amide bonds. The van der Waals surface area contributed by atoms with Crippen molar-refractivity contribution in [3.05, 3.63) is 77.4 Å². The number of nitrogens with zero attached hydrogens (tertiary/aromatic N) is 2. The fourth-order valence-corrected chi connectivity index (χ4v) is 4.31. The van der Waals surface area contributed by atoms with E-state index in [-0.39, 0.29) is 36.6 Å². The molecule has 8 heteroatoms. The number of likely N-dealkylation sites (tertiary alicyclic amines) is 1. The molecule has 2 aromatic carbocycles. The Hall–Kier alpha value is -3.26. The Morgan fingerprint density at radius 1 is 1.06 bits per heavy atom. The van der Waals surface area contributed by atoms with E-state index in [0.717, 1.165) is 23.8 Å². The largest absolute Gasteiger partial charge is 0.465 e. The number of hydrogen-bond donors (Lipinski definition) is 2. The van der Waals surface area contributed by atoms with E-state index >= 15 is 0 Å². The van der Waals surface area contributed by atoms with E-state index < -0.39 is 17.7 Å². The van der Waals surface area contributed by atoms with E-state index in [9.17, 15) is 18.4 Å². The van der Waals surface area contributed by atoms with Crippen LogP contribution in [0.5, 0.6) is 0 Å². The van der Waals surface area contributed by atoms with Gasteiger partial charge in [-0.2, -0.15) is 0 Å². The molecule has 1 fully saturated rings. The smallest absolute Gasteiger partial charge is 0.407 e. The van der Waals surface area contributed by atoms with E-state index in [2.05, 4.69) is 5.32 Å². The first-order chi connectivity index (χ1) is 15.4. The summed E-state index contributed by atoms with van der Waals surface area (Å²) in [5.41, 5.74) is 1.62. The van der Waals surface area contributed by atoms with Gasteiger partial charge in [-0.05, 0) is 42.2 Å². The Bertz CT molecular complexity index is 1020. The number of nitrogens with one attached hydrogen (secondary N) is 1. The summed E-state index contributed by atoms with van der Waals surface area (Å²) in [7, 11) is 0. The fourth-order valence-electron chi connectivity index (χ4n) is 4.31. The number of rotatable bonds is 5. The predicted octanol–water partition coefficient (Wildman–Crippen LogP) is 3.66. The van der Waals surface area contributed by atoms with Crippen LogP contribution in [0.25, 0.3) is 5.57 Å². The summed E-state index contributed by atoms with van der Waals surface area (Å²) >= 11 is 0. The minimum absolute atomic E-state index is 0.0559. The van der Waals surface area contributed by atoms with Gasteiger partial charge in [-0.1, -0.05) is 36.4 Å². The molecule has 0 aromatic heterocycles. The van der Waals surface area contributed by atoms with Crippen LogP contribution >= 0.6 is 0 Å². The molecule has 2 heterocycles. The average Bonchev–Trinajstić information content (AvgIpc) is 3.25. The number of halogens is 2. The summed E-state index contributed by atoms with van der Waals surface area (Å²) in [4.78, 5) is 27.2. The molecule has 0 radical (unpaired) electrons. The summed E-state index contributed by atoms with van der Waals surface area (Å²) in [5.74, 6) is -1.21. The van der Waals surface area contributed by atoms with Gasteiger partial charge < -0.3 is 20.2 Å². The maximum Gasteiger partial charge on any atom is 0.407 e. The highest BCUT2D eigenvalue weighted by molar-refractivity contribution is 5.84. The van der Waals surface area contributed by atoms with Gasteiger partial charge in [0.25, 0.3) is 0 Å². The molecular weight excluding hydrogens is 416 g/mol. The van der Waals surface area contributed by atoms with Gasteiger partial charge in [-0.3, -0.25) is 4.79 Å². The summed E-state index contributed by atoms with van der Waals surface area (Å²) in [6, 6.07) is 12.4. The fraction of sp³-hybridized carbons (Fsp3) is 0.333. The van der Waals surface area contributed by atoms with Crippen LogP contribution in [-0.4, -0.2) is 59.1 Å². The molecule has 2 aliphatic heterocycles. The molecule has 2 aromatic rings. The van der Waals surface area contributed by atoms with Crippen molar-refractivity contribution in [2.75, 3.05) is 26.2 Å². The van der Waals surface area contributed by atoms with Crippen molar-refractivity contribution in [3.63, 3.8) is 0 Å². The lowest BCUT2D eigenvalue weighted by Gasteiger charge is -2.31. The lowest BCUT2D eigenvalue weighted by atomic mass is 10.0. The predicted molar refractivity (Wildman–Crippen MR) is 116 cm³/mol. The zero-order valence-electron chi connectivity index (χ0n) is 17.5. The second-order valence-corrected chi connectivity index (χ2v) is 8.12. The topological polar surface area (TPSA) is 72.9 Å². The molecule has 0 bridgehead atoms. The van der Waals surface area contributed by atoms with E-state index in [0.29, 0.717) is 31.5 Å². The van der Waals surface area contributed by atoms with E-state index in [1.807, 2.05) is 36.4 Å². The Labute approximate surface area is 185 Å². The summed E-state index contributed by atoms with van der Waals surface area (Å²) < 4.78 is 28.1. The number of benzene rings is 2. The van der Waals surface area contributed by atoms with Crippen LogP contribution in [0.4, 0.5) is 13.6 Å². The summed E-state index contributed by atoms with van der Waals surface area (Å²) in [6.45, 7) is 1.13. The Balaban J connectivity index is 1.47. The molecule has 2 aliphatic rings. The van der Waals surface area contributed by atoms with Gasteiger partial charge >= 0.3 is 6.09 Å². The van der Waals surface area contributed by atoms with Crippen LogP contribution in [0, 0.1) is 11.6 Å². The molecule has 0 spiro atoms. The SMILES string of the molecule is O=C(O)N1CCC(NCC(=O)N2CC(c3cc(F)ccc3F)=C[C@H]2c2ccccc2)CC1. The monoisotopic (exact) mass is 441 g/mol. The quantitative estimate of drug-likeness (QED) is 0.743. The average molecular weight is 441 g/mol. The molecular formula is C24H25F2N3O3. The van der Waals surface area contributed by atoms with Gasteiger partial charge in [-0.15, -0.1) is 0 Å². The Morgan fingerprint density at radius 3 is 2.47 bits per heavy atom. The van der Waals surface area contributed by atoms with Gasteiger partial charge in [0.1, 0.15) is 11.6 Å². The molecule has 168 valence electrons. The molecule has 1 saturated heterocycles. The first kappa shape index (κ1) is 22.0. The van der Waals surface area contributed by atoms with Gasteiger partial charge in [0.05, 0.1) is 12.6 Å². The highest BCUT2D eigenvalue weighted by Crippen LogP contribution is 2.35. The Morgan fingerprint density at radius 2 is 1.78 bits per heavy atom. The van der Waals surface area contributed by atoms with Crippen molar-refractivity contribution in [2.45, 2.75) is 24.9 Å². The third-order valence-corrected chi connectivity index (χ3v) is 6.08. The Kier molecular flexibility index (Phi) is 6.50. The zero-order valence-corrected chi connectivity index (χ0v) is 17.5. The third-order valence-electron chi connectivity index (χ3n) is 6.08. The van der Waals surface area contributed by atoms with Gasteiger partial charge in [-0.25, -0.2) is 13.6 Å². The molecule has 0 unspecified atom stereocenters. The highest BCUT2D eigenvalue weighted by atomic mass is 19.1. The van der Waals surface area contributed by atoms with Crippen LogP contribution in [0.2, 0.25) is 0 Å².